The molecule has 1 atom stereocenters. The number of carbonyl (C=O) groups excluding carboxylic acids is 2. The van der Waals surface area contributed by atoms with Crippen molar-refractivity contribution in [2.24, 2.45) is 5.92 Å². The van der Waals surface area contributed by atoms with E-state index in [9.17, 15) is 9.59 Å². The van der Waals surface area contributed by atoms with E-state index < -0.39 is 5.92 Å². The minimum atomic E-state index is -0.498. The van der Waals surface area contributed by atoms with Crippen molar-refractivity contribution in [3.05, 3.63) is 24.4 Å². The SMILES string of the molecule is O=C1NCCCC1C(=O)N1CCC(Oc2ccccn2)CC1. The van der Waals surface area contributed by atoms with E-state index in [0.717, 1.165) is 19.3 Å². The van der Waals surface area contributed by atoms with Gasteiger partial charge in [0.25, 0.3) is 0 Å². The molecule has 1 aromatic heterocycles. The van der Waals surface area contributed by atoms with Crippen LogP contribution in [0.1, 0.15) is 25.7 Å². The van der Waals surface area contributed by atoms with Crippen molar-refractivity contribution >= 4 is 11.8 Å². The van der Waals surface area contributed by atoms with Gasteiger partial charge in [-0.25, -0.2) is 4.98 Å². The van der Waals surface area contributed by atoms with Gasteiger partial charge in [0.05, 0.1) is 0 Å². The first-order chi connectivity index (χ1) is 10.7. The van der Waals surface area contributed by atoms with Crippen molar-refractivity contribution in [3.63, 3.8) is 0 Å². The Bertz CT molecular complexity index is 527. The van der Waals surface area contributed by atoms with Crippen LogP contribution in [0.2, 0.25) is 0 Å². The van der Waals surface area contributed by atoms with Crippen LogP contribution < -0.4 is 10.1 Å². The van der Waals surface area contributed by atoms with Gasteiger partial charge in [-0.05, 0) is 18.9 Å². The number of hydrogen-bond donors (Lipinski definition) is 1. The van der Waals surface area contributed by atoms with Gasteiger partial charge in [0.2, 0.25) is 17.7 Å². The summed E-state index contributed by atoms with van der Waals surface area (Å²) in [6.07, 6.45) is 4.87. The standard InChI is InChI=1S/C16H21N3O3/c20-15-13(4-3-9-18-15)16(21)19-10-6-12(7-11-19)22-14-5-1-2-8-17-14/h1-2,5,8,12-13H,3-4,6-7,9-11H2,(H,18,20). The van der Waals surface area contributed by atoms with Crippen LogP contribution in [0.25, 0.3) is 0 Å². The summed E-state index contributed by atoms with van der Waals surface area (Å²) >= 11 is 0. The quantitative estimate of drug-likeness (QED) is 0.845. The van der Waals surface area contributed by atoms with Gasteiger partial charge < -0.3 is 15.0 Å². The highest BCUT2D eigenvalue weighted by Gasteiger charge is 2.34. The maximum absolute atomic E-state index is 12.4. The Morgan fingerprint density at radius 2 is 2.09 bits per heavy atom. The van der Waals surface area contributed by atoms with Crippen LogP contribution in [0.3, 0.4) is 0 Å². The van der Waals surface area contributed by atoms with Crippen LogP contribution in [0.4, 0.5) is 0 Å². The highest BCUT2D eigenvalue weighted by molar-refractivity contribution is 6.00. The minimum absolute atomic E-state index is 0.0338. The number of likely N-dealkylation sites (tertiary alicyclic amines) is 1. The van der Waals surface area contributed by atoms with Crippen molar-refractivity contribution in [1.82, 2.24) is 15.2 Å². The molecule has 1 aromatic rings. The first kappa shape index (κ1) is 14.8. The molecule has 2 fully saturated rings. The van der Waals surface area contributed by atoms with Gasteiger partial charge >= 0.3 is 0 Å². The molecule has 1 N–H and O–H groups in total. The molecule has 6 heteroatoms. The Labute approximate surface area is 129 Å². The van der Waals surface area contributed by atoms with E-state index >= 15 is 0 Å². The summed E-state index contributed by atoms with van der Waals surface area (Å²) in [4.78, 5) is 30.2. The Morgan fingerprint density at radius 1 is 1.27 bits per heavy atom. The van der Waals surface area contributed by atoms with Crippen molar-refractivity contribution < 1.29 is 14.3 Å². The van der Waals surface area contributed by atoms with E-state index in [1.165, 1.54) is 0 Å². The Morgan fingerprint density at radius 3 is 2.77 bits per heavy atom. The number of ether oxygens (including phenoxy) is 1. The van der Waals surface area contributed by atoms with Crippen LogP contribution >= 0.6 is 0 Å². The molecular formula is C16H21N3O3. The minimum Gasteiger partial charge on any atom is -0.474 e. The fourth-order valence-electron chi connectivity index (χ4n) is 3.01. The third-order valence-electron chi connectivity index (χ3n) is 4.26. The second-order valence-corrected chi connectivity index (χ2v) is 5.80. The zero-order valence-electron chi connectivity index (χ0n) is 12.5. The number of nitrogens with one attached hydrogen (secondary N) is 1. The maximum Gasteiger partial charge on any atom is 0.235 e. The molecule has 0 aliphatic carbocycles. The summed E-state index contributed by atoms with van der Waals surface area (Å²) in [5.41, 5.74) is 0. The van der Waals surface area contributed by atoms with Gasteiger partial charge in [0.15, 0.2) is 0 Å². The van der Waals surface area contributed by atoms with Gasteiger partial charge in [-0.1, -0.05) is 6.07 Å². The molecule has 0 aromatic carbocycles. The molecule has 3 rings (SSSR count). The maximum atomic E-state index is 12.4. The number of carbonyl (C=O) groups is 2. The molecule has 2 amide bonds. The largest absolute Gasteiger partial charge is 0.474 e. The Hall–Kier alpha value is -2.11. The molecule has 0 radical (unpaired) electrons. The predicted molar refractivity (Wildman–Crippen MR) is 80.2 cm³/mol. The summed E-state index contributed by atoms with van der Waals surface area (Å²) in [6.45, 7) is 1.96. The van der Waals surface area contributed by atoms with Crippen LogP contribution in [0.5, 0.6) is 5.88 Å². The fourth-order valence-corrected chi connectivity index (χ4v) is 3.01. The predicted octanol–water partition coefficient (Wildman–Crippen LogP) is 0.978. The highest BCUT2D eigenvalue weighted by Crippen LogP contribution is 2.21. The van der Waals surface area contributed by atoms with Gasteiger partial charge in [0.1, 0.15) is 12.0 Å². The topological polar surface area (TPSA) is 71.5 Å². The number of amides is 2. The third kappa shape index (κ3) is 3.37. The lowest BCUT2D eigenvalue weighted by Crippen LogP contribution is -2.49. The number of rotatable bonds is 3. The lowest BCUT2D eigenvalue weighted by molar-refractivity contribution is -0.144. The van der Waals surface area contributed by atoms with E-state index in [-0.39, 0.29) is 17.9 Å². The van der Waals surface area contributed by atoms with Crippen molar-refractivity contribution in [2.75, 3.05) is 19.6 Å². The van der Waals surface area contributed by atoms with Crippen LogP contribution in [-0.2, 0) is 9.59 Å². The monoisotopic (exact) mass is 303 g/mol. The summed E-state index contributed by atoms with van der Waals surface area (Å²) in [6, 6.07) is 5.58. The number of nitrogens with zero attached hydrogens (tertiary/aromatic N) is 2. The second-order valence-electron chi connectivity index (χ2n) is 5.80. The lowest BCUT2D eigenvalue weighted by Gasteiger charge is -2.34. The van der Waals surface area contributed by atoms with E-state index in [1.54, 1.807) is 11.1 Å². The van der Waals surface area contributed by atoms with E-state index in [1.807, 2.05) is 18.2 Å². The lowest BCUT2D eigenvalue weighted by atomic mass is 9.95. The molecule has 118 valence electrons. The zero-order chi connectivity index (χ0) is 15.4. The van der Waals surface area contributed by atoms with Gasteiger partial charge in [0, 0.05) is 44.7 Å². The van der Waals surface area contributed by atoms with Gasteiger partial charge in [-0.3, -0.25) is 9.59 Å². The molecule has 2 aliphatic rings. The number of hydrogen-bond acceptors (Lipinski definition) is 4. The highest BCUT2D eigenvalue weighted by atomic mass is 16.5. The Kier molecular flexibility index (Phi) is 4.56. The summed E-state index contributed by atoms with van der Waals surface area (Å²) in [5, 5.41) is 2.77. The van der Waals surface area contributed by atoms with Crippen molar-refractivity contribution in [3.8, 4) is 5.88 Å². The van der Waals surface area contributed by atoms with Crippen LogP contribution in [0, 0.1) is 5.92 Å². The summed E-state index contributed by atoms with van der Waals surface area (Å²) in [5.74, 6) is -0.0301. The normalized spacial score (nSPS) is 23.0. The van der Waals surface area contributed by atoms with E-state index in [4.69, 9.17) is 4.74 Å². The molecule has 2 aliphatic heterocycles. The molecule has 2 saturated heterocycles. The third-order valence-corrected chi connectivity index (χ3v) is 4.26. The molecule has 0 spiro atoms. The molecule has 0 saturated carbocycles. The summed E-state index contributed by atoms with van der Waals surface area (Å²) in [7, 11) is 0. The average molecular weight is 303 g/mol. The molecule has 3 heterocycles. The molecule has 22 heavy (non-hydrogen) atoms. The average Bonchev–Trinajstić information content (AvgIpc) is 2.56. The van der Waals surface area contributed by atoms with Crippen molar-refractivity contribution in [2.45, 2.75) is 31.8 Å². The summed E-state index contributed by atoms with van der Waals surface area (Å²) < 4.78 is 5.82. The number of pyridine rings is 1. The molecule has 1 unspecified atom stereocenters. The van der Waals surface area contributed by atoms with E-state index in [0.29, 0.717) is 31.9 Å². The zero-order valence-corrected chi connectivity index (χ0v) is 12.5. The molecule has 0 bridgehead atoms. The van der Waals surface area contributed by atoms with Crippen LogP contribution in [-0.4, -0.2) is 47.4 Å². The van der Waals surface area contributed by atoms with E-state index in [2.05, 4.69) is 10.3 Å². The Balaban J connectivity index is 1.51. The first-order valence-corrected chi connectivity index (χ1v) is 7.88. The first-order valence-electron chi connectivity index (χ1n) is 7.88. The molecular weight excluding hydrogens is 282 g/mol. The van der Waals surface area contributed by atoms with Gasteiger partial charge in [-0.2, -0.15) is 0 Å². The number of piperidine rings is 2. The second kappa shape index (κ2) is 6.77. The smallest absolute Gasteiger partial charge is 0.235 e. The van der Waals surface area contributed by atoms with Crippen LogP contribution in [0.15, 0.2) is 24.4 Å². The fraction of sp³-hybridized carbons (Fsp3) is 0.562. The number of aromatic nitrogens is 1. The molecule has 6 nitrogen and oxygen atoms in total. The van der Waals surface area contributed by atoms with Gasteiger partial charge in [-0.15, -0.1) is 0 Å². The van der Waals surface area contributed by atoms with Crippen molar-refractivity contribution in [1.29, 1.82) is 0 Å².